The molecule has 1 atom stereocenters. The van der Waals surface area contributed by atoms with Gasteiger partial charge in [0.2, 0.25) is 0 Å². The zero-order valence-corrected chi connectivity index (χ0v) is 17.0. The number of nitrogens with two attached hydrogens (primary N) is 1. The number of carboxylic acids is 1. The van der Waals surface area contributed by atoms with E-state index >= 15 is 0 Å². The standard InChI is InChI=1S/C21H29N3O3.ClH/c22-13-14-1-2-17-12-19(8-5-16(17)11-14)24-10-9-23(21(24)27)18-6-3-15(4-7-18)20(25)26;/h5,8,12,14-15,18H,1-4,6-7,9-11,13,22H2,(H,25,26);1H/t14?,15-,18-;. The number of aliphatic carboxylic acids is 1. The fourth-order valence-electron chi connectivity index (χ4n) is 4.95. The van der Waals surface area contributed by atoms with Crippen LogP contribution >= 0.6 is 12.4 Å². The highest BCUT2D eigenvalue weighted by atomic mass is 35.5. The summed E-state index contributed by atoms with van der Waals surface area (Å²) in [6.07, 6.45) is 6.13. The number of carboxylic acid groups (broad SMARTS) is 1. The number of halogens is 1. The summed E-state index contributed by atoms with van der Waals surface area (Å²) >= 11 is 0. The summed E-state index contributed by atoms with van der Waals surface area (Å²) in [5.41, 5.74) is 9.54. The zero-order chi connectivity index (χ0) is 19.0. The Balaban J connectivity index is 0.00000225. The Bertz CT molecular complexity index is 734. The number of nitrogens with zero attached hydrogens (tertiary/aromatic N) is 2. The van der Waals surface area contributed by atoms with Crippen molar-refractivity contribution >= 4 is 30.1 Å². The lowest BCUT2D eigenvalue weighted by atomic mass is 9.84. The van der Waals surface area contributed by atoms with E-state index in [9.17, 15) is 9.59 Å². The van der Waals surface area contributed by atoms with Crippen LogP contribution in [-0.2, 0) is 17.6 Å². The van der Waals surface area contributed by atoms with Crippen molar-refractivity contribution in [3.05, 3.63) is 29.3 Å². The Kier molecular flexibility index (Phi) is 6.50. The summed E-state index contributed by atoms with van der Waals surface area (Å²) in [5, 5.41) is 9.17. The van der Waals surface area contributed by atoms with E-state index in [-0.39, 0.29) is 30.4 Å². The predicted molar refractivity (Wildman–Crippen MR) is 111 cm³/mol. The second kappa shape index (κ2) is 8.70. The number of rotatable bonds is 4. The number of amides is 2. The van der Waals surface area contributed by atoms with Crippen LogP contribution in [0.5, 0.6) is 0 Å². The van der Waals surface area contributed by atoms with Gasteiger partial charge in [0.05, 0.1) is 5.92 Å². The van der Waals surface area contributed by atoms with E-state index in [0.717, 1.165) is 50.9 Å². The van der Waals surface area contributed by atoms with E-state index in [1.54, 1.807) is 0 Å². The van der Waals surface area contributed by atoms with Crippen LogP contribution in [0.25, 0.3) is 0 Å². The number of anilines is 1. The molecule has 3 aliphatic rings. The smallest absolute Gasteiger partial charge is 0.324 e. The van der Waals surface area contributed by atoms with Gasteiger partial charge < -0.3 is 15.7 Å². The number of carbonyl (C=O) groups is 2. The number of benzene rings is 1. The van der Waals surface area contributed by atoms with Gasteiger partial charge in [-0.05, 0) is 80.7 Å². The highest BCUT2D eigenvalue weighted by Crippen LogP contribution is 2.33. The van der Waals surface area contributed by atoms with E-state index in [1.807, 2.05) is 9.80 Å². The number of carbonyl (C=O) groups excluding carboxylic acids is 1. The molecule has 1 saturated heterocycles. The SMILES string of the molecule is Cl.NCC1CCc2cc(N3CCN([C@H]4CC[C@H](C(=O)O)CC4)C3=O)ccc2C1. The molecule has 0 spiro atoms. The summed E-state index contributed by atoms with van der Waals surface area (Å²) in [5.74, 6) is -0.366. The van der Waals surface area contributed by atoms with Crippen LogP contribution in [0.2, 0.25) is 0 Å². The minimum atomic E-state index is -0.700. The molecule has 2 fully saturated rings. The van der Waals surface area contributed by atoms with Crippen LogP contribution in [0.3, 0.4) is 0 Å². The van der Waals surface area contributed by atoms with Gasteiger partial charge in [-0.3, -0.25) is 9.69 Å². The Hall–Kier alpha value is -1.79. The lowest BCUT2D eigenvalue weighted by Gasteiger charge is -2.33. The molecule has 1 aromatic rings. The Labute approximate surface area is 172 Å². The topological polar surface area (TPSA) is 86.9 Å². The van der Waals surface area contributed by atoms with Crippen LogP contribution in [0.1, 0.15) is 43.2 Å². The number of fused-ring (bicyclic) bond motifs is 1. The third kappa shape index (κ3) is 3.98. The van der Waals surface area contributed by atoms with Crippen LogP contribution in [0.4, 0.5) is 10.5 Å². The molecule has 1 aromatic carbocycles. The molecular formula is C21H30ClN3O3. The highest BCUT2D eigenvalue weighted by molar-refractivity contribution is 5.94. The molecule has 2 amide bonds. The average Bonchev–Trinajstić information content (AvgIpc) is 3.08. The van der Waals surface area contributed by atoms with Crippen molar-refractivity contribution in [1.29, 1.82) is 0 Å². The maximum absolute atomic E-state index is 13.0. The van der Waals surface area contributed by atoms with Gasteiger partial charge in [-0.15, -0.1) is 12.4 Å². The molecule has 7 heteroatoms. The quantitative estimate of drug-likeness (QED) is 0.803. The van der Waals surface area contributed by atoms with Crippen LogP contribution < -0.4 is 10.6 Å². The maximum atomic E-state index is 13.0. The van der Waals surface area contributed by atoms with E-state index in [0.29, 0.717) is 25.3 Å². The van der Waals surface area contributed by atoms with Crippen LogP contribution in [0, 0.1) is 11.8 Å². The van der Waals surface area contributed by atoms with Crippen molar-refractivity contribution in [1.82, 2.24) is 4.90 Å². The molecule has 0 radical (unpaired) electrons. The molecule has 28 heavy (non-hydrogen) atoms. The molecule has 1 heterocycles. The molecule has 4 rings (SSSR count). The molecule has 154 valence electrons. The van der Waals surface area contributed by atoms with Gasteiger partial charge >= 0.3 is 12.0 Å². The molecule has 6 nitrogen and oxygen atoms in total. The molecule has 1 unspecified atom stereocenters. The molecule has 1 aliphatic heterocycles. The molecule has 2 aliphatic carbocycles. The van der Waals surface area contributed by atoms with Gasteiger partial charge in [0.25, 0.3) is 0 Å². The first-order valence-corrected chi connectivity index (χ1v) is 10.2. The van der Waals surface area contributed by atoms with Gasteiger partial charge in [-0.25, -0.2) is 4.79 Å². The van der Waals surface area contributed by atoms with Crippen molar-refractivity contribution in [2.75, 3.05) is 24.5 Å². The summed E-state index contributed by atoms with van der Waals surface area (Å²) in [6.45, 7) is 2.18. The van der Waals surface area contributed by atoms with Crippen molar-refractivity contribution < 1.29 is 14.7 Å². The number of hydrogen-bond donors (Lipinski definition) is 2. The Morgan fingerprint density at radius 1 is 1.11 bits per heavy atom. The fourth-order valence-corrected chi connectivity index (χ4v) is 4.95. The molecule has 0 bridgehead atoms. The van der Waals surface area contributed by atoms with E-state index < -0.39 is 5.97 Å². The summed E-state index contributed by atoms with van der Waals surface area (Å²) in [6, 6.07) is 6.68. The minimum absolute atomic E-state index is 0. The lowest BCUT2D eigenvalue weighted by molar-refractivity contribution is -0.143. The van der Waals surface area contributed by atoms with Crippen molar-refractivity contribution in [2.24, 2.45) is 17.6 Å². The van der Waals surface area contributed by atoms with E-state index in [1.165, 1.54) is 11.1 Å². The summed E-state index contributed by atoms with van der Waals surface area (Å²) in [4.78, 5) is 28.0. The largest absolute Gasteiger partial charge is 0.481 e. The average molecular weight is 408 g/mol. The number of aryl methyl sites for hydroxylation is 1. The third-order valence-corrected chi connectivity index (χ3v) is 6.69. The van der Waals surface area contributed by atoms with Gasteiger partial charge in [-0.1, -0.05) is 6.07 Å². The highest BCUT2D eigenvalue weighted by Gasteiger charge is 2.37. The van der Waals surface area contributed by atoms with Gasteiger partial charge in [-0.2, -0.15) is 0 Å². The van der Waals surface area contributed by atoms with Crippen LogP contribution in [0.15, 0.2) is 18.2 Å². The summed E-state index contributed by atoms with van der Waals surface area (Å²) < 4.78 is 0. The first-order valence-electron chi connectivity index (χ1n) is 10.2. The second-order valence-corrected chi connectivity index (χ2v) is 8.27. The number of urea groups is 1. The molecule has 0 aromatic heterocycles. The molecule has 1 saturated carbocycles. The van der Waals surface area contributed by atoms with Gasteiger partial charge in [0.1, 0.15) is 0 Å². The monoisotopic (exact) mass is 407 g/mol. The van der Waals surface area contributed by atoms with Crippen molar-refractivity contribution in [3.63, 3.8) is 0 Å². The predicted octanol–water partition coefficient (Wildman–Crippen LogP) is 3.06. The molecule has 3 N–H and O–H groups in total. The first kappa shape index (κ1) is 20.9. The summed E-state index contributed by atoms with van der Waals surface area (Å²) in [7, 11) is 0. The number of hydrogen-bond acceptors (Lipinski definition) is 3. The fraction of sp³-hybridized carbons (Fsp3) is 0.619. The van der Waals surface area contributed by atoms with E-state index in [4.69, 9.17) is 10.8 Å². The third-order valence-electron chi connectivity index (χ3n) is 6.69. The minimum Gasteiger partial charge on any atom is -0.481 e. The Morgan fingerprint density at radius 3 is 2.54 bits per heavy atom. The Morgan fingerprint density at radius 2 is 1.86 bits per heavy atom. The first-order chi connectivity index (χ1) is 13.1. The normalized spacial score (nSPS) is 27.3. The maximum Gasteiger partial charge on any atom is 0.324 e. The van der Waals surface area contributed by atoms with Crippen molar-refractivity contribution in [2.45, 2.75) is 51.0 Å². The van der Waals surface area contributed by atoms with E-state index in [2.05, 4.69) is 18.2 Å². The molecular weight excluding hydrogens is 378 g/mol. The van der Waals surface area contributed by atoms with Gasteiger partial charge in [0, 0.05) is 24.8 Å². The van der Waals surface area contributed by atoms with Crippen LogP contribution in [-0.4, -0.2) is 47.7 Å². The van der Waals surface area contributed by atoms with Gasteiger partial charge in [0.15, 0.2) is 0 Å². The zero-order valence-electron chi connectivity index (χ0n) is 16.2. The van der Waals surface area contributed by atoms with Crippen molar-refractivity contribution in [3.8, 4) is 0 Å². The lowest BCUT2D eigenvalue weighted by Crippen LogP contribution is -2.42. The second-order valence-electron chi connectivity index (χ2n) is 8.27.